The molecule has 1 N–H and O–H groups in total. The minimum absolute atomic E-state index is 0.0421. The van der Waals surface area contributed by atoms with Crippen molar-refractivity contribution < 1.29 is 31.4 Å². The highest BCUT2D eigenvalue weighted by Gasteiger charge is 2.41. The Hall–Kier alpha value is -2.19. The van der Waals surface area contributed by atoms with Gasteiger partial charge in [-0.1, -0.05) is 24.3 Å². The van der Waals surface area contributed by atoms with Crippen LogP contribution in [-0.4, -0.2) is 14.9 Å². The molecule has 1 aromatic heterocycles. The Kier molecular flexibility index (Phi) is 4.08. The molecule has 9 heteroatoms. The van der Waals surface area contributed by atoms with E-state index in [0.717, 1.165) is 0 Å². The van der Waals surface area contributed by atoms with E-state index in [2.05, 4.69) is 5.10 Å². The number of aliphatic hydroxyl groups is 1. The standard InChI is InChI=1S/C13H10F6N2O/c14-12(15,16)10-7-11(13(17,18)19)21(20-10)6-5-9(22)8-3-1-2-4-8/h1-4,7,22H,5-6H2. The lowest BCUT2D eigenvalue weighted by atomic mass is 10.2. The number of aryl methyl sites for hydroxylation is 1. The topological polar surface area (TPSA) is 38.0 Å². The fourth-order valence-electron chi connectivity index (χ4n) is 1.88. The van der Waals surface area contributed by atoms with Crippen LogP contribution >= 0.6 is 0 Å². The van der Waals surface area contributed by atoms with Crippen LogP contribution in [0.1, 0.15) is 17.8 Å². The zero-order chi connectivity index (χ0) is 16.5. The summed E-state index contributed by atoms with van der Waals surface area (Å²) in [5, 5.41) is 12.7. The SMILES string of the molecule is OC(CCn1nc(C(F)(F)F)cc1C(F)(F)F)=C1C=CC=C1. The van der Waals surface area contributed by atoms with Crippen molar-refractivity contribution in [3.8, 4) is 0 Å². The predicted molar refractivity (Wildman–Crippen MR) is 64.8 cm³/mol. The van der Waals surface area contributed by atoms with Gasteiger partial charge in [-0.3, -0.25) is 4.68 Å². The molecule has 0 aliphatic heterocycles. The summed E-state index contributed by atoms with van der Waals surface area (Å²) in [5.41, 5.74) is -2.72. The Morgan fingerprint density at radius 2 is 1.64 bits per heavy atom. The van der Waals surface area contributed by atoms with E-state index in [-0.39, 0.29) is 22.9 Å². The Balaban J connectivity index is 2.26. The Morgan fingerprint density at radius 3 is 2.14 bits per heavy atom. The molecule has 3 nitrogen and oxygen atoms in total. The van der Waals surface area contributed by atoms with E-state index in [1.807, 2.05) is 0 Å². The molecule has 2 rings (SSSR count). The molecule has 0 aromatic carbocycles. The van der Waals surface area contributed by atoms with E-state index >= 15 is 0 Å². The first-order valence-corrected chi connectivity index (χ1v) is 6.08. The maximum Gasteiger partial charge on any atom is 0.435 e. The number of halogens is 6. The molecule has 22 heavy (non-hydrogen) atoms. The highest BCUT2D eigenvalue weighted by molar-refractivity contribution is 5.41. The fourth-order valence-corrected chi connectivity index (χ4v) is 1.88. The van der Waals surface area contributed by atoms with E-state index < -0.39 is 30.3 Å². The number of aliphatic hydroxyl groups excluding tert-OH is 1. The first-order chi connectivity index (χ1) is 10.1. The summed E-state index contributed by atoms with van der Waals surface area (Å²) in [7, 11) is 0. The van der Waals surface area contributed by atoms with Crippen LogP contribution in [0.25, 0.3) is 0 Å². The van der Waals surface area contributed by atoms with Gasteiger partial charge in [-0.2, -0.15) is 31.4 Å². The third-order valence-electron chi connectivity index (χ3n) is 2.92. The van der Waals surface area contributed by atoms with Crippen molar-refractivity contribution in [3.63, 3.8) is 0 Å². The molecule has 1 aliphatic rings. The molecule has 1 aliphatic carbocycles. The summed E-state index contributed by atoms with van der Waals surface area (Å²) in [5.74, 6) is -0.220. The number of alkyl halides is 6. The summed E-state index contributed by atoms with van der Waals surface area (Å²) >= 11 is 0. The molecule has 0 unspecified atom stereocenters. The Bertz CT molecular complexity index is 634. The highest BCUT2D eigenvalue weighted by atomic mass is 19.4. The number of hydrogen-bond donors (Lipinski definition) is 1. The molecule has 0 spiro atoms. The first kappa shape index (κ1) is 16.2. The summed E-state index contributed by atoms with van der Waals surface area (Å²) in [4.78, 5) is 0. The smallest absolute Gasteiger partial charge is 0.435 e. The normalized spacial score (nSPS) is 14.9. The maximum atomic E-state index is 12.8. The molecule has 0 bridgehead atoms. The van der Waals surface area contributed by atoms with Crippen molar-refractivity contribution in [2.24, 2.45) is 0 Å². The van der Waals surface area contributed by atoms with Gasteiger partial charge < -0.3 is 5.11 Å². The average Bonchev–Trinajstić information content (AvgIpc) is 3.03. The lowest BCUT2D eigenvalue weighted by Crippen LogP contribution is -2.15. The second-order valence-electron chi connectivity index (χ2n) is 4.50. The van der Waals surface area contributed by atoms with E-state index in [9.17, 15) is 31.4 Å². The Labute approximate surface area is 120 Å². The third-order valence-corrected chi connectivity index (χ3v) is 2.92. The monoisotopic (exact) mass is 324 g/mol. The lowest BCUT2D eigenvalue weighted by molar-refractivity contribution is -0.144. The van der Waals surface area contributed by atoms with Gasteiger partial charge in [-0.05, 0) is 0 Å². The van der Waals surface area contributed by atoms with Crippen molar-refractivity contribution in [3.05, 3.63) is 53.1 Å². The molecular formula is C13H10F6N2O. The zero-order valence-electron chi connectivity index (χ0n) is 10.9. The second-order valence-corrected chi connectivity index (χ2v) is 4.50. The van der Waals surface area contributed by atoms with E-state index in [4.69, 9.17) is 0 Å². The third kappa shape index (κ3) is 3.52. The van der Waals surface area contributed by atoms with Crippen molar-refractivity contribution in [2.75, 3.05) is 0 Å². The lowest BCUT2D eigenvalue weighted by Gasteiger charge is -2.10. The molecule has 0 saturated carbocycles. The van der Waals surface area contributed by atoms with Crippen LogP contribution in [0, 0.1) is 0 Å². The summed E-state index contributed by atoms with van der Waals surface area (Å²) in [6.07, 6.45) is -3.92. The largest absolute Gasteiger partial charge is 0.512 e. The van der Waals surface area contributed by atoms with Crippen molar-refractivity contribution in [2.45, 2.75) is 25.3 Å². The summed E-state index contributed by atoms with van der Waals surface area (Å²) in [6.45, 7) is -0.526. The minimum atomic E-state index is -4.97. The van der Waals surface area contributed by atoms with Gasteiger partial charge in [0.2, 0.25) is 0 Å². The predicted octanol–water partition coefficient (Wildman–Crippen LogP) is 4.25. The van der Waals surface area contributed by atoms with Gasteiger partial charge in [0.1, 0.15) is 11.5 Å². The quantitative estimate of drug-likeness (QED) is 0.667. The number of rotatable bonds is 3. The van der Waals surface area contributed by atoms with Crippen molar-refractivity contribution in [1.82, 2.24) is 9.78 Å². The zero-order valence-corrected chi connectivity index (χ0v) is 10.9. The number of aromatic nitrogens is 2. The summed E-state index contributed by atoms with van der Waals surface area (Å²) in [6, 6.07) is -0.0421. The molecule has 0 fully saturated rings. The van der Waals surface area contributed by atoms with E-state index in [0.29, 0.717) is 5.57 Å². The van der Waals surface area contributed by atoms with Gasteiger partial charge in [0.15, 0.2) is 5.69 Å². The van der Waals surface area contributed by atoms with Crippen molar-refractivity contribution in [1.29, 1.82) is 0 Å². The van der Waals surface area contributed by atoms with Crippen LogP contribution in [0.15, 0.2) is 41.7 Å². The van der Waals surface area contributed by atoms with Gasteiger partial charge in [0.05, 0.1) is 0 Å². The van der Waals surface area contributed by atoms with Crippen LogP contribution in [0.2, 0.25) is 0 Å². The molecule has 120 valence electrons. The van der Waals surface area contributed by atoms with Crippen LogP contribution in [0.4, 0.5) is 26.3 Å². The molecule has 0 radical (unpaired) electrons. The fraction of sp³-hybridized carbons (Fsp3) is 0.308. The van der Waals surface area contributed by atoms with Crippen LogP contribution < -0.4 is 0 Å². The van der Waals surface area contributed by atoms with Gasteiger partial charge in [0.25, 0.3) is 0 Å². The molecule has 1 heterocycles. The van der Waals surface area contributed by atoms with Gasteiger partial charge >= 0.3 is 12.4 Å². The molecule has 0 saturated heterocycles. The molecule has 0 atom stereocenters. The van der Waals surface area contributed by atoms with Crippen LogP contribution in [0.5, 0.6) is 0 Å². The average molecular weight is 324 g/mol. The Morgan fingerprint density at radius 1 is 1.05 bits per heavy atom. The molecule has 0 amide bonds. The first-order valence-electron chi connectivity index (χ1n) is 6.08. The van der Waals surface area contributed by atoms with Crippen molar-refractivity contribution >= 4 is 0 Å². The second kappa shape index (κ2) is 5.54. The van der Waals surface area contributed by atoms with E-state index in [1.165, 1.54) is 12.2 Å². The molecule has 1 aromatic rings. The highest BCUT2D eigenvalue weighted by Crippen LogP contribution is 2.35. The number of allylic oxidation sites excluding steroid dienone is 6. The number of hydrogen-bond acceptors (Lipinski definition) is 2. The maximum absolute atomic E-state index is 12.8. The van der Waals surface area contributed by atoms with Gasteiger partial charge in [-0.15, -0.1) is 0 Å². The van der Waals surface area contributed by atoms with Gasteiger partial charge in [0, 0.05) is 24.6 Å². The van der Waals surface area contributed by atoms with E-state index in [1.54, 1.807) is 12.2 Å². The molecular weight excluding hydrogens is 314 g/mol. The van der Waals surface area contributed by atoms with Crippen LogP contribution in [-0.2, 0) is 18.9 Å². The minimum Gasteiger partial charge on any atom is -0.512 e. The number of nitrogens with zero attached hydrogens (tertiary/aromatic N) is 2. The van der Waals surface area contributed by atoms with Crippen LogP contribution in [0.3, 0.4) is 0 Å². The van der Waals surface area contributed by atoms with Gasteiger partial charge in [-0.25, -0.2) is 0 Å². The summed E-state index contributed by atoms with van der Waals surface area (Å²) < 4.78 is 75.9.